The van der Waals surface area contributed by atoms with E-state index in [1.165, 1.54) is 38.5 Å². The topological polar surface area (TPSA) is 158 Å². The molecule has 14 heteroatoms. The summed E-state index contributed by atoms with van der Waals surface area (Å²) in [5.41, 5.74) is 0.341. The van der Waals surface area contributed by atoms with Gasteiger partial charge in [0.15, 0.2) is 10.9 Å². The lowest BCUT2D eigenvalue weighted by Crippen LogP contribution is -2.28. The predicted molar refractivity (Wildman–Crippen MR) is 118 cm³/mol. The maximum Gasteiger partial charge on any atom is 0.433 e. The van der Waals surface area contributed by atoms with Crippen molar-refractivity contribution in [1.82, 2.24) is 5.32 Å². The highest BCUT2D eigenvalue weighted by molar-refractivity contribution is 8.15. The summed E-state index contributed by atoms with van der Waals surface area (Å²) in [5, 5.41) is 23.1. The molecule has 1 unspecified atom stereocenters. The van der Waals surface area contributed by atoms with Crippen LogP contribution >= 0.6 is 23.4 Å². The van der Waals surface area contributed by atoms with E-state index in [-0.39, 0.29) is 17.3 Å². The van der Waals surface area contributed by atoms with Crippen LogP contribution in [0.2, 0.25) is 5.02 Å². The fraction of sp³-hybridized carbons (Fsp3) is 0.222. The summed E-state index contributed by atoms with van der Waals surface area (Å²) in [5.74, 6) is -0.462. The minimum absolute atomic E-state index is 0.124. The van der Waals surface area contributed by atoms with Gasteiger partial charge in [-0.05, 0) is 6.07 Å². The van der Waals surface area contributed by atoms with Gasteiger partial charge in [0.1, 0.15) is 21.7 Å². The van der Waals surface area contributed by atoms with Gasteiger partial charge >= 0.3 is 5.88 Å². The Morgan fingerprint density at radius 3 is 2.78 bits per heavy atom. The maximum absolute atomic E-state index is 12.5. The number of amidine groups is 1. The summed E-state index contributed by atoms with van der Waals surface area (Å²) in [6, 6.07) is 5.56. The van der Waals surface area contributed by atoms with Gasteiger partial charge in [0, 0.05) is 18.6 Å². The number of nitrogens with one attached hydrogen (secondary N) is 2. The van der Waals surface area contributed by atoms with Crippen molar-refractivity contribution in [2.45, 2.75) is 11.7 Å². The normalized spacial score (nSPS) is 16.9. The minimum atomic E-state index is -0.728. The van der Waals surface area contributed by atoms with Crippen molar-refractivity contribution < 1.29 is 28.4 Å². The smallest absolute Gasteiger partial charge is 0.433 e. The first-order valence-corrected chi connectivity index (χ1v) is 10.1. The number of nitrogens with zero attached hydrogens (tertiary/aromatic N) is 3. The van der Waals surface area contributed by atoms with Gasteiger partial charge in [-0.25, -0.2) is 0 Å². The van der Waals surface area contributed by atoms with Crippen LogP contribution in [0.15, 0.2) is 38.9 Å². The lowest BCUT2D eigenvalue weighted by Gasteiger charge is -2.13. The number of ether oxygens (including phenoxy) is 2. The lowest BCUT2D eigenvalue weighted by molar-refractivity contribution is -0.402. The molecule has 2 aromatic rings. The quantitative estimate of drug-likeness (QED) is 0.331. The van der Waals surface area contributed by atoms with Crippen LogP contribution in [0.1, 0.15) is 12.2 Å². The molecule has 2 N–H and O–H groups in total. The third-order valence-corrected chi connectivity index (χ3v) is 5.39. The van der Waals surface area contributed by atoms with Gasteiger partial charge in [-0.3, -0.25) is 19.7 Å². The van der Waals surface area contributed by atoms with Crippen LogP contribution in [0.25, 0.3) is 0 Å². The van der Waals surface area contributed by atoms with Crippen molar-refractivity contribution in [3.8, 4) is 11.5 Å². The Morgan fingerprint density at radius 2 is 2.12 bits per heavy atom. The summed E-state index contributed by atoms with van der Waals surface area (Å²) in [4.78, 5) is 34.5. The second-order valence-electron chi connectivity index (χ2n) is 6.12. The first kappa shape index (κ1) is 23.1. The van der Waals surface area contributed by atoms with Crippen LogP contribution in [0.5, 0.6) is 11.5 Å². The number of furan rings is 1. The van der Waals surface area contributed by atoms with E-state index >= 15 is 0 Å². The summed E-state index contributed by atoms with van der Waals surface area (Å²) < 4.78 is 15.3. The number of anilines is 1. The van der Waals surface area contributed by atoms with Gasteiger partial charge in [-0.2, -0.15) is 5.10 Å². The Balaban J connectivity index is 1.60. The number of carbonyl (C=O) groups is 2. The molecule has 1 saturated heterocycles. The summed E-state index contributed by atoms with van der Waals surface area (Å²) in [7, 11) is 2.87. The zero-order chi connectivity index (χ0) is 23.3. The number of benzene rings is 1. The molecule has 1 aromatic heterocycles. The maximum atomic E-state index is 12.5. The van der Waals surface area contributed by atoms with Crippen LogP contribution < -0.4 is 20.1 Å². The van der Waals surface area contributed by atoms with Crippen LogP contribution in [-0.4, -0.2) is 47.6 Å². The van der Waals surface area contributed by atoms with Gasteiger partial charge in [-0.1, -0.05) is 23.4 Å². The van der Waals surface area contributed by atoms with Gasteiger partial charge < -0.3 is 24.5 Å². The molecule has 32 heavy (non-hydrogen) atoms. The Kier molecular flexibility index (Phi) is 7.33. The van der Waals surface area contributed by atoms with E-state index in [0.717, 1.165) is 18.0 Å². The fourth-order valence-electron chi connectivity index (χ4n) is 2.56. The summed E-state index contributed by atoms with van der Waals surface area (Å²) >= 11 is 7.07. The summed E-state index contributed by atoms with van der Waals surface area (Å²) in [6.07, 6.45) is 1.02. The molecule has 2 amide bonds. The molecule has 1 aliphatic rings. The van der Waals surface area contributed by atoms with Crippen LogP contribution in [0.4, 0.5) is 11.6 Å². The molecule has 168 valence electrons. The molecule has 0 radical (unpaired) electrons. The highest BCUT2D eigenvalue weighted by atomic mass is 35.5. The third-order valence-electron chi connectivity index (χ3n) is 4.02. The molecule has 0 saturated carbocycles. The Bertz CT molecular complexity index is 1120. The standard InChI is InChI=1S/C18H16ClN5O7S/c1-29-12-6-11(13(30-2)5-10(12)19)21-15(25)7-14-17(26)22-18(32-14)23-20-8-9-3-4-16(31-9)24(27)28/h3-6,8,14H,7H2,1-2H3,(H,21,25)(H,22,23,26)/b20-8+. The number of hydrogen-bond acceptors (Lipinski definition) is 10. The highest BCUT2D eigenvalue weighted by Crippen LogP contribution is 2.36. The Morgan fingerprint density at radius 1 is 1.38 bits per heavy atom. The van der Waals surface area contributed by atoms with Crippen LogP contribution in [-0.2, 0) is 9.59 Å². The number of nitro groups is 1. The number of hydrogen-bond donors (Lipinski definition) is 2. The third kappa shape index (κ3) is 5.56. The zero-order valence-corrected chi connectivity index (χ0v) is 18.2. The molecule has 1 aliphatic heterocycles. The van der Waals surface area contributed by atoms with E-state index < -0.39 is 27.9 Å². The van der Waals surface area contributed by atoms with E-state index in [1.54, 1.807) is 0 Å². The van der Waals surface area contributed by atoms with E-state index in [1.807, 2.05) is 0 Å². The summed E-state index contributed by atoms with van der Waals surface area (Å²) in [6.45, 7) is 0. The van der Waals surface area contributed by atoms with Crippen LogP contribution in [0.3, 0.4) is 0 Å². The van der Waals surface area contributed by atoms with Crippen molar-refractivity contribution in [2.75, 3.05) is 19.5 Å². The van der Waals surface area contributed by atoms with E-state index in [2.05, 4.69) is 20.8 Å². The lowest BCUT2D eigenvalue weighted by atomic mass is 10.2. The molecule has 1 aromatic carbocycles. The van der Waals surface area contributed by atoms with Gasteiger partial charge in [0.2, 0.25) is 11.8 Å². The molecule has 1 atom stereocenters. The fourth-order valence-corrected chi connectivity index (χ4v) is 3.72. The average molecular weight is 482 g/mol. The van der Waals surface area contributed by atoms with Crippen molar-refractivity contribution >= 4 is 58.1 Å². The molecule has 3 rings (SSSR count). The van der Waals surface area contributed by atoms with Crippen molar-refractivity contribution in [3.05, 3.63) is 45.2 Å². The van der Waals surface area contributed by atoms with E-state index in [4.69, 9.17) is 25.5 Å². The first-order chi connectivity index (χ1) is 15.3. The average Bonchev–Trinajstić information content (AvgIpc) is 3.36. The van der Waals surface area contributed by atoms with Gasteiger partial charge in [0.25, 0.3) is 0 Å². The molecule has 0 bridgehead atoms. The molecule has 1 fully saturated rings. The molecule has 12 nitrogen and oxygen atoms in total. The molecular formula is C18H16ClN5O7S. The van der Waals surface area contributed by atoms with Gasteiger partial charge in [0.05, 0.1) is 37.2 Å². The second-order valence-corrected chi connectivity index (χ2v) is 7.72. The van der Waals surface area contributed by atoms with Gasteiger partial charge in [-0.15, -0.1) is 5.10 Å². The highest BCUT2D eigenvalue weighted by Gasteiger charge is 2.32. The second kappa shape index (κ2) is 10.2. The minimum Gasteiger partial charge on any atom is -0.495 e. The van der Waals surface area contributed by atoms with Crippen LogP contribution in [0, 0.1) is 10.1 Å². The van der Waals surface area contributed by atoms with E-state index in [0.29, 0.717) is 22.2 Å². The SMILES string of the molecule is COc1cc(NC(=O)CC2S/C(=N\N=C\c3ccc([N+](=O)[O-])o3)NC2=O)c(OC)cc1Cl. The Hall–Kier alpha value is -3.58. The molecular weight excluding hydrogens is 466 g/mol. The van der Waals surface area contributed by atoms with Crippen molar-refractivity contribution in [3.63, 3.8) is 0 Å². The Labute approximate surface area is 190 Å². The largest absolute Gasteiger partial charge is 0.495 e. The predicted octanol–water partition coefficient (Wildman–Crippen LogP) is 2.81. The number of thioether (sulfide) groups is 1. The number of methoxy groups -OCH3 is 2. The molecule has 0 aliphatic carbocycles. The molecule has 2 heterocycles. The number of halogens is 1. The zero-order valence-electron chi connectivity index (χ0n) is 16.7. The van der Waals surface area contributed by atoms with E-state index in [9.17, 15) is 19.7 Å². The monoisotopic (exact) mass is 481 g/mol. The van der Waals surface area contributed by atoms with Crippen molar-refractivity contribution in [2.24, 2.45) is 10.2 Å². The number of amides is 2. The number of rotatable bonds is 8. The molecule has 0 spiro atoms. The van der Waals surface area contributed by atoms with Crippen molar-refractivity contribution in [1.29, 1.82) is 0 Å². The first-order valence-electron chi connectivity index (χ1n) is 8.85. The number of carbonyl (C=O) groups excluding carboxylic acids is 2.